The number of phenols is 1. The van der Waals surface area contributed by atoms with E-state index in [0.29, 0.717) is 16.9 Å². The van der Waals surface area contributed by atoms with Crippen LogP contribution in [0.25, 0.3) is 0 Å². The van der Waals surface area contributed by atoms with Crippen molar-refractivity contribution in [3.05, 3.63) is 28.3 Å². The Bertz CT molecular complexity index is 343. The van der Waals surface area contributed by atoms with Crippen molar-refractivity contribution in [3.63, 3.8) is 0 Å². The summed E-state index contributed by atoms with van der Waals surface area (Å²) in [5.41, 5.74) is -0.448. The predicted molar refractivity (Wildman–Crippen MR) is 45.4 cm³/mol. The summed E-state index contributed by atoms with van der Waals surface area (Å²) >= 11 is 0.573. The molecular weight excluding hydrogens is 214 g/mol. The number of hydrogen-bond acceptors (Lipinski definition) is 7. The van der Waals surface area contributed by atoms with Gasteiger partial charge in [0, 0.05) is 11.0 Å². The van der Waals surface area contributed by atoms with Gasteiger partial charge in [0.1, 0.15) is 0 Å². The molecule has 1 rings (SSSR count). The molecule has 1 aromatic carbocycles. The molecule has 0 spiro atoms. The lowest BCUT2D eigenvalue weighted by atomic mass is 10.3. The summed E-state index contributed by atoms with van der Waals surface area (Å²) in [5.74, 6) is -0.440. The zero-order valence-corrected chi connectivity index (χ0v) is 7.43. The number of hydrogen-bond donors (Lipinski definition) is 2. The second kappa shape index (κ2) is 4.77. The van der Waals surface area contributed by atoms with E-state index in [-0.39, 0.29) is 0 Å². The van der Waals surface area contributed by atoms with Crippen molar-refractivity contribution in [2.45, 2.75) is 4.90 Å². The van der Waals surface area contributed by atoms with Gasteiger partial charge in [-0.15, -0.1) is 4.33 Å². The lowest BCUT2D eigenvalue weighted by Gasteiger charge is -1.98. The number of nitro groups is 1. The van der Waals surface area contributed by atoms with E-state index in [0.717, 1.165) is 12.1 Å². The van der Waals surface area contributed by atoms with Crippen LogP contribution < -0.4 is 0 Å². The minimum Gasteiger partial charge on any atom is -0.502 e. The highest BCUT2D eigenvalue weighted by Crippen LogP contribution is 2.30. The van der Waals surface area contributed by atoms with Crippen LogP contribution in [0.15, 0.2) is 23.1 Å². The SMILES string of the molecule is O=[N+]([O-])c1cc(SOOO)ccc1O. The highest BCUT2D eigenvalue weighted by molar-refractivity contribution is 7.94. The van der Waals surface area contributed by atoms with Crippen molar-refractivity contribution >= 4 is 17.7 Å². The van der Waals surface area contributed by atoms with Crippen LogP contribution in [-0.2, 0) is 9.37 Å². The fourth-order valence-electron chi connectivity index (χ4n) is 0.756. The molecule has 0 amide bonds. The third-order valence-electron chi connectivity index (χ3n) is 1.30. The molecule has 0 aliphatic carbocycles. The van der Waals surface area contributed by atoms with Gasteiger partial charge in [-0.3, -0.25) is 10.1 Å². The van der Waals surface area contributed by atoms with E-state index in [9.17, 15) is 10.1 Å². The van der Waals surface area contributed by atoms with E-state index in [2.05, 4.69) is 9.37 Å². The van der Waals surface area contributed by atoms with Crippen LogP contribution in [0.3, 0.4) is 0 Å². The van der Waals surface area contributed by atoms with Crippen molar-refractivity contribution in [2.75, 3.05) is 0 Å². The molecule has 0 aliphatic rings. The third kappa shape index (κ3) is 2.57. The molecule has 0 radical (unpaired) electrons. The molecular formula is C6H5NO6S. The average molecular weight is 219 g/mol. The minimum absolute atomic E-state index is 0.309. The fourth-order valence-corrected chi connectivity index (χ4v) is 1.15. The van der Waals surface area contributed by atoms with E-state index < -0.39 is 16.4 Å². The Kier molecular flexibility index (Phi) is 3.65. The van der Waals surface area contributed by atoms with Gasteiger partial charge in [-0.2, -0.15) is 0 Å². The van der Waals surface area contributed by atoms with Crippen LogP contribution in [0.5, 0.6) is 5.75 Å². The quantitative estimate of drug-likeness (QED) is 0.344. The largest absolute Gasteiger partial charge is 0.502 e. The summed E-state index contributed by atoms with van der Waals surface area (Å²) in [6.45, 7) is 0. The normalized spacial score (nSPS) is 10.1. The molecule has 0 aromatic heterocycles. The Morgan fingerprint density at radius 1 is 1.50 bits per heavy atom. The van der Waals surface area contributed by atoms with Gasteiger partial charge in [-0.1, -0.05) is 5.04 Å². The van der Waals surface area contributed by atoms with E-state index in [4.69, 9.17) is 10.4 Å². The number of nitrogens with zero attached hydrogens (tertiary/aromatic N) is 1. The summed E-state index contributed by atoms with van der Waals surface area (Å²) in [6.07, 6.45) is 0. The van der Waals surface area contributed by atoms with Crippen molar-refractivity contribution in [1.82, 2.24) is 0 Å². The van der Waals surface area contributed by atoms with Gasteiger partial charge < -0.3 is 5.11 Å². The summed E-state index contributed by atoms with van der Waals surface area (Å²) in [5, 5.41) is 30.6. The van der Waals surface area contributed by atoms with Crippen molar-refractivity contribution < 1.29 is 24.7 Å². The van der Waals surface area contributed by atoms with E-state index in [1.165, 1.54) is 6.07 Å². The average Bonchev–Trinajstić information content (AvgIpc) is 2.16. The van der Waals surface area contributed by atoms with Crippen LogP contribution in [0.1, 0.15) is 0 Å². The van der Waals surface area contributed by atoms with Crippen molar-refractivity contribution in [2.24, 2.45) is 0 Å². The Morgan fingerprint density at radius 2 is 2.21 bits per heavy atom. The number of rotatable bonds is 4. The molecule has 0 atom stereocenters. The first-order valence-electron chi connectivity index (χ1n) is 3.27. The number of aromatic hydroxyl groups is 1. The third-order valence-corrected chi connectivity index (χ3v) is 1.88. The van der Waals surface area contributed by atoms with Crippen LogP contribution >= 0.6 is 12.0 Å². The Morgan fingerprint density at radius 3 is 2.79 bits per heavy atom. The number of phenolic OH excluding ortho intramolecular Hbond substituents is 1. The smallest absolute Gasteiger partial charge is 0.311 e. The first-order valence-corrected chi connectivity index (χ1v) is 4.01. The second-order valence-electron chi connectivity index (χ2n) is 2.13. The van der Waals surface area contributed by atoms with Gasteiger partial charge in [-0.25, -0.2) is 5.26 Å². The first-order chi connectivity index (χ1) is 6.65. The molecule has 0 aliphatic heterocycles. The number of benzene rings is 1. The molecule has 0 saturated heterocycles. The van der Waals surface area contributed by atoms with Gasteiger partial charge in [0.25, 0.3) is 0 Å². The van der Waals surface area contributed by atoms with Crippen molar-refractivity contribution in [1.29, 1.82) is 0 Å². The highest BCUT2D eigenvalue weighted by Gasteiger charge is 2.14. The molecule has 0 unspecified atom stereocenters. The molecule has 8 heteroatoms. The number of nitro benzene ring substituents is 1. The molecule has 7 nitrogen and oxygen atoms in total. The van der Waals surface area contributed by atoms with Crippen LogP contribution in [0.4, 0.5) is 5.69 Å². The molecule has 2 N–H and O–H groups in total. The molecule has 0 bridgehead atoms. The van der Waals surface area contributed by atoms with E-state index in [1.54, 1.807) is 0 Å². The van der Waals surface area contributed by atoms with Gasteiger partial charge >= 0.3 is 5.69 Å². The van der Waals surface area contributed by atoms with E-state index >= 15 is 0 Å². The second-order valence-corrected chi connectivity index (χ2v) is 2.91. The van der Waals surface area contributed by atoms with Crippen LogP contribution in [0.2, 0.25) is 0 Å². The molecule has 76 valence electrons. The van der Waals surface area contributed by atoms with E-state index in [1.807, 2.05) is 0 Å². The zero-order chi connectivity index (χ0) is 10.6. The van der Waals surface area contributed by atoms with Gasteiger partial charge in [0.15, 0.2) is 5.75 Å². The Hall–Kier alpha value is -1.35. The molecule has 0 heterocycles. The summed E-state index contributed by atoms with van der Waals surface area (Å²) in [6, 6.07) is 3.59. The highest BCUT2D eigenvalue weighted by atomic mass is 32.2. The maximum Gasteiger partial charge on any atom is 0.311 e. The molecule has 14 heavy (non-hydrogen) atoms. The standard InChI is InChI=1S/C6H5NO6S/c8-6-2-1-4(14-13-12-11)3-5(6)7(9)10/h1-3,8,11H. The monoisotopic (exact) mass is 219 g/mol. The fraction of sp³-hybridized carbons (Fsp3) is 0. The minimum atomic E-state index is -0.737. The topological polar surface area (TPSA) is 102 Å². The molecule has 1 aromatic rings. The maximum atomic E-state index is 10.4. The van der Waals surface area contributed by atoms with Crippen LogP contribution in [0, 0.1) is 10.1 Å². The lowest BCUT2D eigenvalue weighted by Crippen LogP contribution is -1.89. The predicted octanol–water partition coefficient (Wildman–Crippen LogP) is 1.73. The van der Waals surface area contributed by atoms with Gasteiger partial charge in [0.2, 0.25) is 0 Å². The Balaban J connectivity index is 2.89. The van der Waals surface area contributed by atoms with Crippen molar-refractivity contribution in [3.8, 4) is 5.75 Å². The first kappa shape index (κ1) is 10.7. The molecule has 0 fully saturated rings. The molecule has 0 saturated carbocycles. The summed E-state index contributed by atoms with van der Waals surface area (Å²) in [4.78, 5) is 9.93. The summed E-state index contributed by atoms with van der Waals surface area (Å²) in [7, 11) is 0. The maximum absolute atomic E-state index is 10.4. The van der Waals surface area contributed by atoms with Crippen LogP contribution in [-0.4, -0.2) is 15.3 Å². The summed E-state index contributed by atoms with van der Waals surface area (Å²) < 4.78 is 4.06. The zero-order valence-electron chi connectivity index (χ0n) is 6.61. The Labute approximate surface area is 82.1 Å². The lowest BCUT2D eigenvalue weighted by molar-refractivity contribution is -0.432. The van der Waals surface area contributed by atoms with Gasteiger partial charge in [0.05, 0.1) is 17.0 Å². The van der Waals surface area contributed by atoms with Gasteiger partial charge in [-0.05, 0) is 12.1 Å².